The third kappa shape index (κ3) is 51.8. The Labute approximate surface area is 537 Å². The zero-order valence-corrected chi connectivity index (χ0v) is 57.3. The van der Waals surface area contributed by atoms with Gasteiger partial charge in [-0.3, -0.25) is 4.79 Å². The highest BCUT2D eigenvalue weighted by atomic mass is 16.7. The number of aliphatic hydroxyl groups excluding tert-OH is 7. The number of nitrogens with one attached hydrogen (secondary N) is 1. The number of ether oxygens (including phenoxy) is 2. The van der Waals surface area contributed by atoms with Gasteiger partial charge in [0, 0.05) is 0 Å². The molecular weight excluding hydrogens is 1090 g/mol. The summed E-state index contributed by atoms with van der Waals surface area (Å²) in [4.78, 5) is 13.3. The van der Waals surface area contributed by atoms with E-state index in [1.807, 2.05) is 0 Å². The maximum absolute atomic E-state index is 13.3. The molecular formula is C76H147NO10. The first-order chi connectivity index (χ1) is 42.7. The highest BCUT2D eigenvalue weighted by Crippen LogP contribution is 2.24. The molecule has 1 aliphatic rings. The van der Waals surface area contributed by atoms with Gasteiger partial charge in [0.1, 0.15) is 36.6 Å². The lowest BCUT2D eigenvalue weighted by molar-refractivity contribution is -0.303. The van der Waals surface area contributed by atoms with Crippen molar-refractivity contribution in [2.75, 3.05) is 13.2 Å². The first-order valence-corrected chi connectivity index (χ1v) is 38.2. The van der Waals surface area contributed by atoms with E-state index in [0.29, 0.717) is 19.3 Å². The van der Waals surface area contributed by atoms with Crippen LogP contribution in [0.3, 0.4) is 0 Å². The number of carbonyl (C=O) groups excluding carboxylic acids is 1. The fourth-order valence-corrected chi connectivity index (χ4v) is 12.6. The van der Waals surface area contributed by atoms with Crippen LogP contribution in [0, 0.1) is 0 Å². The van der Waals surface area contributed by atoms with Crippen LogP contribution in [-0.4, -0.2) is 110 Å². The zero-order chi connectivity index (χ0) is 63.1. The van der Waals surface area contributed by atoms with E-state index in [1.165, 1.54) is 302 Å². The average Bonchev–Trinajstić information content (AvgIpc) is 1.97. The van der Waals surface area contributed by atoms with Crippen LogP contribution < -0.4 is 5.32 Å². The Hall–Kier alpha value is -1.41. The molecule has 9 unspecified atom stereocenters. The van der Waals surface area contributed by atoms with Crippen LogP contribution in [0.1, 0.15) is 386 Å². The van der Waals surface area contributed by atoms with Crippen LogP contribution in [0.2, 0.25) is 0 Å². The van der Waals surface area contributed by atoms with Crippen LogP contribution in [0.25, 0.3) is 0 Å². The molecule has 0 spiro atoms. The number of hydrogen-bond donors (Lipinski definition) is 8. The lowest BCUT2D eigenvalue weighted by Gasteiger charge is -2.40. The van der Waals surface area contributed by atoms with E-state index in [1.54, 1.807) is 0 Å². The molecule has 0 saturated carbocycles. The molecule has 0 aliphatic carbocycles. The van der Waals surface area contributed by atoms with Gasteiger partial charge in [0.2, 0.25) is 5.91 Å². The molecule has 9 atom stereocenters. The van der Waals surface area contributed by atoms with E-state index in [2.05, 4.69) is 43.5 Å². The number of carbonyl (C=O) groups is 1. The quantitative estimate of drug-likeness (QED) is 0.0215. The fourth-order valence-electron chi connectivity index (χ4n) is 12.6. The standard InChI is InChI=1S/C76H147NO10/c1-3-5-7-9-11-13-15-17-19-21-23-25-27-29-31-33-34-36-38-40-42-44-46-48-50-52-54-56-58-60-62-64-69(80)75(85)77-67(66-86-76-74(84)73(83)72(82)70(65-78)87-76)71(81)68(79)63-61-59-57-55-53-51-49-47-45-43-41-39-37-35-32-30-28-26-24-22-20-18-16-14-12-10-8-6-4-2/h47,49,55,57,67-74,76,78-84H,3-46,48,50-54,56,58-66H2,1-2H3,(H,77,85)/b49-47+,57-55+. The van der Waals surface area contributed by atoms with Crippen LogP contribution in [-0.2, 0) is 14.3 Å². The summed E-state index contributed by atoms with van der Waals surface area (Å²) in [7, 11) is 0. The summed E-state index contributed by atoms with van der Waals surface area (Å²) in [6.45, 7) is 3.51. The fraction of sp³-hybridized carbons (Fsp3) is 0.934. The van der Waals surface area contributed by atoms with Gasteiger partial charge in [-0.2, -0.15) is 0 Å². The van der Waals surface area contributed by atoms with Gasteiger partial charge in [0.25, 0.3) is 0 Å². The summed E-state index contributed by atoms with van der Waals surface area (Å²) in [5.41, 5.74) is 0. The molecule has 0 aromatic carbocycles. The first-order valence-electron chi connectivity index (χ1n) is 38.2. The van der Waals surface area contributed by atoms with Crippen molar-refractivity contribution in [2.24, 2.45) is 0 Å². The summed E-state index contributed by atoms with van der Waals surface area (Å²) < 4.78 is 11.2. The Balaban J connectivity index is 2.18. The number of amides is 1. The zero-order valence-electron chi connectivity index (χ0n) is 57.3. The summed E-state index contributed by atoms with van der Waals surface area (Å²) >= 11 is 0. The topological polar surface area (TPSA) is 189 Å². The molecule has 1 saturated heterocycles. The van der Waals surface area contributed by atoms with Crippen LogP contribution in [0.15, 0.2) is 24.3 Å². The van der Waals surface area contributed by atoms with Gasteiger partial charge >= 0.3 is 0 Å². The Bertz CT molecular complexity index is 1460. The van der Waals surface area contributed by atoms with Crippen molar-refractivity contribution in [3.8, 4) is 0 Å². The molecule has 1 aliphatic heterocycles. The third-order valence-corrected chi connectivity index (χ3v) is 18.7. The molecule has 11 nitrogen and oxygen atoms in total. The molecule has 0 bridgehead atoms. The van der Waals surface area contributed by atoms with E-state index in [-0.39, 0.29) is 12.8 Å². The van der Waals surface area contributed by atoms with E-state index in [0.717, 1.165) is 38.5 Å². The Kier molecular flexibility index (Phi) is 62.2. The predicted molar refractivity (Wildman–Crippen MR) is 367 cm³/mol. The summed E-state index contributed by atoms with van der Waals surface area (Å²) in [5.74, 6) is -0.702. The van der Waals surface area contributed by atoms with Crippen LogP contribution >= 0.6 is 0 Å². The number of rotatable bonds is 68. The van der Waals surface area contributed by atoms with Gasteiger partial charge in [-0.1, -0.05) is 359 Å². The third-order valence-electron chi connectivity index (χ3n) is 18.7. The van der Waals surface area contributed by atoms with Crippen molar-refractivity contribution in [2.45, 2.75) is 441 Å². The summed E-state index contributed by atoms with van der Waals surface area (Å²) in [6, 6.07) is -1.19. The van der Waals surface area contributed by atoms with Crippen molar-refractivity contribution in [1.82, 2.24) is 5.32 Å². The Morgan fingerprint density at radius 1 is 0.391 bits per heavy atom. The van der Waals surface area contributed by atoms with E-state index >= 15 is 0 Å². The maximum Gasteiger partial charge on any atom is 0.249 e. The Morgan fingerprint density at radius 2 is 0.690 bits per heavy atom. The van der Waals surface area contributed by atoms with E-state index in [4.69, 9.17) is 9.47 Å². The van der Waals surface area contributed by atoms with Crippen molar-refractivity contribution in [3.05, 3.63) is 24.3 Å². The van der Waals surface area contributed by atoms with Gasteiger partial charge in [-0.25, -0.2) is 0 Å². The molecule has 1 rings (SSSR count). The molecule has 1 heterocycles. The second-order valence-electron chi connectivity index (χ2n) is 27.1. The van der Waals surface area contributed by atoms with Crippen molar-refractivity contribution in [3.63, 3.8) is 0 Å². The largest absolute Gasteiger partial charge is 0.394 e. The van der Waals surface area contributed by atoms with Gasteiger partial charge in [0.15, 0.2) is 6.29 Å². The van der Waals surface area contributed by atoms with Gasteiger partial charge in [-0.05, 0) is 51.4 Å². The molecule has 0 aromatic heterocycles. The molecule has 1 amide bonds. The van der Waals surface area contributed by atoms with Crippen molar-refractivity contribution >= 4 is 5.91 Å². The predicted octanol–water partition coefficient (Wildman–Crippen LogP) is 19.1. The van der Waals surface area contributed by atoms with E-state index < -0.39 is 74.2 Å². The van der Waals surface area contributed by atoms with Crippen LogP contribution in [0.5, 0.6) is 0 Å². The normalized spacial score (nSPS) is 18.7. The smallest absolute Gasteiger partial charge is 0.249 e. The number of aliphatic hydroxyl groups is 7. The minimum atomic E-state index is -1.67. The molecule has 1 fully saturated rings. The molecule has 516 valence electrons. The highest BCUT2D eigenvalue weighted by Gasteiger charge is 2.44. The van der Waals surface area contributed by atoms with E-state index in [9.17, 15) is 40.5 Å². The molecule has 8 N–H and O–H groups in total. The second-order valence-corrected chi connectivity index (χ2v) is 27.1. The van der Waals surface area contributed by atoms with Crippen molar-refractivity contribution in [1.29, 1.82) is 0 Å². The van der Waals surface area contributed by atoms with Crippen LogP contribution in [0.4, 0.5) is 0 Å². The number of allylic oxidation sites excluding steroid dienone is 4. The molecule has 0 aromatic rings. The van der Waals surface area contributed by atoms with Gasteiger partial charge in [-0.15, -0.1) is 0 Å². The average molecular weight is 1240 g/mol. The lowest BCUT2D eigenvalue weighted by atomic mass is 9.98. The Morgan fingerprint density at radius 3 is 1.02 bits per heavy atom. The minimum absolute atomic E-state index is 0.250. The lowest BCUT2D eigenvalue weighted by Crippen LogP contribution is -2.60. The monoisotopic (exact) mass is 1230 g/mol. The molecule has 11 heteroatoms. The summed E-state index contributed by atoms with van der Waals surface area (Å²) in [6.07, 6.45) is 71.5. The number of unbranched alkanes of at least 4 members (excludes halogenated alkanes) is 52. The van der Waals surface area contributed by atoms with Gasteiger partial charge in [0.05, 0.1) is 25.4 Å². The second kappa shape index (κ2) is 64.7. The summed E-state index contributed by atoms with van der Waals surface area (Å²) in [5, 5.41) is 76.6. The highest BCUT2D eigenvalue weighted by molar-refractivity contribution is 5.80. The SMILES string of the molecule is CCCCCCCCCCCCCCCCCCCCCC/C=C/CC/C=C/CCCC(O)C(O)C(COC1OC(CO)C(O)C(O)C1O)NC(=O)C(O)CCCCCCCCCCCCCCCCCCCCCCCCCCCCCCCCC. The molecule has 87 heavy (non-hydrogen) atoms. The van der Waals surface area contributed by atoms with Gasteiger partial charge < -0.3 is 50.5 Å². The van der Waals surface area contributed by atoms with Crippen molar-refractivity contribution < 1.29 is 50.0 Å². The molecule has 0 radical (unpaired) electrons. The number of hydrogen-bond acceptors (Lipinski definition) is 10. The first kappa shape index (κ1) is 83.6. The minimum Gasteiger partial charge on any atom is -0.394 e. The maximum atomic E-state index is 13.3.